The van der Waals surface area contributed by atoms with E-state index in [9.17, 15) is 4.79 Å². The van der Waals surface area contributed by atoms with Gasteiger partial charge in [0.15, 0.2) is 11.5 Å². The highest BCUT2D eigenvalue weighted by molar-refractivity contribution is 9.11. The molecule has 1 heterocycles. The minimum Gasteiger partial charge on any atom is -0.490 e. The van der Waals surface area contributed by atoms with Gasteiger partial charge in [-0.2, -0.15) is 9.78 Å². The SMILES string of the molecule is CCOc1cc(C=Nn2c(C3CCCCC3)nc3ccccc3c2=O)ccc1OCc1ccc(Br)cc1Br. The Balaban J connectivity index is 1.45. The monoisotopic (exact) mass is 637 g/mol. The Labute approximate surface area is 239 Å². The predicted octanol–water partition coefficient (Wildman–Crippen LogP) is 7.83. The quantitative estimate of drug-likeness (QED) is 0.185. The lowest BCUT2D eigenvalue weighted by atomic mass is 9.88. The molecule has 1 aromatic heterocycles. The zero-order chi connectivity index (χ0) is 26.5. The highest BCUT2D eigenvalue weighted by atomic mass is 79.9. The molecule has 0 amide bonds. The van der Waals surface area contributed by atoms with Gasteiger partial charge < -0.3 is 9.47 Å². The minimum atomic E-state index is -0.141. The number of fused-ring (bicyclic) bond motifs is 1. The number of nitrogens with zero attached hydrogens (tertiary/aromatic N) is 3. The minimum absolute atomic E-state index is 0.141. The smallest absolute Gasteiger partial charge is 0.282 e. The Morgan fingerprint density at radius 3 is 2.61 bits per heavy atom. The second-order valence-corrected chi connectivity index (χ2v) is 11.1. The van der Waals surface area contributed by atoms with Crippen molar-refractivity contribution >= 4 is 49.0 Å². The van der Waals surface area contributed by atoms with Gasteiger partial charge in [-0.15, -0.1) is 0 Å². The molecule has 38 heavy (non-hydrogen) atoms. The molecule has 0 atom stereocenters. The van der Waals surface area contributed by atoms with Gasteiger partial charge in [-0.05, 0) is 67.8 Å². The largest absolute Gasteiger partial charge is 0.490 e. The number of para-hydroxylation sites is 1. The molecule has 8 heteroatoms. The second kappa shape index (κ2) is 12.3. The Hall–Kier alpha value is -2.97. The molecule has 4 aromatic rings. The van der Waals surface area contributed by atoms with Gasteiger partial charge in [0, 0.05) is 20.4 Å². The van der Waals surface area contributed by atoms with Crippen LogP contribution in [0.4, 0.5) is 0 Å². The van der Waals surface area contributed by atoms with Crippen LogP contribution < -0.4 is 15.0 Å². The summed E-state index contributed by atoms with van der Waals surface area (Å²) in [5.41, 5.74) is 2.42. The molecule has 1 fully saturated rings. The molecule has 0 radical (unpaired) electrons. The summed E-state index contributed by atoms with van der Waals surface area (Å²) >= 11 is 7.07. The number of rotatable bonds is 8. The maximum atomic E-state index is 13.5. The lowest BCUT2D eigenvalue weighted by Crippen LogP contribution is -2.25. The molecular formula is C30H29Br2N3O3. The molecule has 196 valence electrons. The molecule has 0 aliphatic heterocycles. The molecule has 0 spiro atoms. The van der Waals surface area contributed by atoms with Crippen LogP contribution in [-0.4, -0.2) is 22.5 Å². The first kappa shape index (κ1) is 26.6. The molecule has 3 aromatic carbocycles. The third-order valence-electron chi connectivity index (χ3n) is 6.74. The van der Waals surface area contributed by atoms with Crippen LogP contribution in [0.25, 0.3) is 10.9 Å². The van der Waals surface area contributed by atoms with Gasteiger partial charge in [0.05, 0.1) is 23.7 Å². The second-order valence-electron chi connectivity index (χ2n) is 9.35. The zero-order valence-electron chi connectivity index (χ0n) is 21.2. The Bertz CT molecular complexity index is 1530. The van der Waals surface area contributed by atoms with Crippen molar-refractivity contribution in [2.75, 3.05) is 6.61 Å². The standard InChI is InChI=1S/C30H29Br2N3O3/c1-2-37-28-16-20(12-15-27(28)38-19-22-13-14-23(31)17-25(22)32)18-33-35-29(21-8-4-3-5-9-21)34-26-11-7-6-10-24(26)30(35)36/h6-7,10-18,21H,2-5,8-9,19H2,1H3. The van der Waals surface area contributed by atoms with Crippen LogP contribution in [0.5, 0.6) is 11.5 Å². The molecule has 0 N–H and O–H groups in total. The van der Waals surface area contributed by atoms with E-state index >= 15 is 0 Å². The first-order valence-corrected chi connectivity index (χ1v) is 14.5. The number of aromatic nitrogens is 2. The molecule has 1 aliphatic carbocycles. The van der Waals surface area contributed by atoms with Gasteiger partial charge in [-0.3, -0.25) is 4.79 Å². The molecule has 6 nitrogen and oxygen atoms in total. The summed E-state index contributed by atoms with van der Waals surface area (Å²) in [6, 6.07) is 19.2. The number of benzene rings is 3. The van der Waals surface area contributed by atoms with Gasteiger partial charge in [0.25, 0.3) is 5.56 Å². The summed E-state index contributed by atoms with van der Waals surface area (Å²) in [6.07, 6.45) is 7.26. The lowest BCUT2D eigenvalue weighted by Gasteiger charge is -2.22. The third-order valence-corrected chi connectivity index (χ3v) is 7.97. The number of hydrogen-bond donors (Lipinski definition) is 0. The third kappa shape index (κ3) is 6.02. The Kier molecular flexibility index (Phi) is 8.59. The lowest BCUT2D eigenvalue weighted by molar-refractivity contribution is 0.269. The van der Waals surface area contributed by atoms with Crippen molar-refractivity contribution in [3.8, 4) is 11.5 Å². The van der Waals surface area contributed by atoms with Crippen molar-refractivity contribution in [1.82, 2.24) is 9.66 Å². The van der Waals surface area contributed by atoms with E-state index in [1.165, 1.54) is 11.1 Å². The Morgan fingerprint density at radius 1 is 1.00 bits per heavy atom. The van der Waals surface area contributed by atoms with E-state index in [-0.39, 0.29) is 11.5 Å². The first-order chi connectivity index (χ1) is 18.5. The summed E-state index contributed by atoms with van der Waals surface area (Å²) in [4.78, 5) is 18.4. The summed E-state index contributed by atoms with van der Waals surface area (Å²) in [6.45, 7) is 2.83. The van der Waals surface area contributed by atoms with Gasteiger partial charge >= 0.3 is 0 Å². The van der Waals surface area contributed by atoms with Crippen LogP contribution in [0.15, 0.2) is 79.5 Å². The van der Waals surface area contributed by atoms with E-state index in [1.807, 2.05) is 67.6 Å². The van der Waals surface area contributed by atoms with E-state index in [1.54, 1.807) is 6.21 Å². The van der Waals surface area contributed by atoms with Crippen molar-refractivity contribution < 1.29 is 9.47 Å². The fraction of sp³-hybridized carbons (Fsp3) is 0.300. The van der Waals surface area contributed by atoms with Gasteiger partial charge in [0.1, 0.15) is 12.4 Å². The molecule has 0 unspecified atom stereocenters. The maximum Gasteiger partial charge on any atom is 0.282 e. The van der Waals surface area contributed by atoms with Crippen molar-refractivity contribution in [3.05, 3.63) is 96.9 Å². The first-order valence-electron chi connectivity index (χ1n) is 12.9. The zero-order valence-corrected chi connectivity index (χ0v) is 24.4. The Morgan fingerprint density at radius 2 is 1.82 bits per heavy atom. The fourth-order valence-corrected chi connectivity index (χ4v) is 5.95. The van der Waals surface area contributed by atoms with E-state index in [0.717, 1.165) is 57.1 Å². The van der Waals surface area contributed by atoms with E-state index in [2.05, 4.69) is 37.0 Å². The summed E-state index contributed by atoms with van der Waals surface area (Å²) in [5, 5.41) is 5.23. The van der Waals surface area contributed by atoms with Crippen LogP contribution in [0.1, 0.15) is 61.9 Å². The molecule has 0 saturated heterocycles. The van der Waals surface area contributed by atoms with Gasteiger partial charge in [-0.1, -0.05) is 69.3 Å². The number of ether oxygens (including phenoxy) is 2. The molecule has 1 aliphatic rings. The van der Waals surface area contributed by atoms with E-state index < -0.39 is 0 Å². The van der Waals surface area contributed by atoms with Crippen molar-refractivity contribution in [2.45, 2.75) is 51.6 Å². The molecule has 0 bridgehead atoms. The molecule has 1 saturated carbocycles. The summed E-state index contributed by atoms with van der Waals surface area (Å²) < 4.78 is 15.4. The number of halogens is 2. The number of hydrogen-bond acceptors (Lipinski definition) is 5. The van der Waals surface area contributed by atoms with Crippen LogP contribution in [0.2, 0.25) is 0 Å². The maximum absolute atomic E-state index is 13.5. The summed E-state index contributed by atoms with van der Waals surface area (Å²) in [7, 11) is 0. The highest BCUT2D eigenvalue weighted by Gasteiger charge is 2.22. The van der Waals surface area contributed by atoms with Crippen molar-refractivity contribution in [1.29, 1.82) is 0 Å². The highest BCUT2D eigenvalue weighted by Crippen LogP contribution is 2.33. The van der Waals surface area contributed by atoms with E-state index in [0.29, 0.717) is 30.1 Å². The van der Waals surface area contributed by atoms with Crippen LogP contribution in [-0.2, 0) is 6.61 Å². The topological polar surface area (TPSA) is 65.7 Å². The predicted molar refractivity (Wildman–Crippen MR) is 159 cm³/mol. The van der Waals surface area contributed by atoms with Gasteiger partial charge in [0.2, 0.25) is 0 Å². The van der Waals surface area contributed by atoms with Crippen LogP contribution in [0.3, 0.4) is 0 Å². The fourth-order valence-electron chi connectivity index (χ4n) is 4.79. The van der Waals surface area contributed by atoms with Gasteiger partial charge in [-0.25, -0.2) is 4.98 Å². The normalized spacial score (nSPS) is 14.3. The van der Waals surface area contributed by atoms with Crippen LogP contribution in [0, 0.1) is 0 Å². The average molecular weight is 639 g/mol. The molecule has 5 rings (SSSR count). The van der Waals surface area contributed by atoms with E-state index in [4.69, 9.17) is 14.5 Å². The van der Waals surface area contributed by atoms with Crippen molar-refractivity contribution in [2.24, 2.45) is 5.10 Å². The summed E-state index contributed by atoms with van der Waals surface area (Å²) in [5.74, 6) is 2.24. The van der Waals surface area contributed by atoms with Crippen LogP contribution >= 0.6 is 31.9 Å². The molecular weight excluding hydrogens is 610 g/mol. The average Bonchev–Trinajstić information content (AvgIpc) is 2.93. The van der Waals surface area contributed by atoms with Crippen molar-refractivity contribution in [3.63, 3.8) is 0 Å².